The molecule has 0 unspecified atom stereocenters. The summed E-state index contributed by atoms with van der Waals surface area (Å²) >= 11 is 0. The van der Waals surface area contributed by atoms with Gasteiger partial charge in [0.2, 0.25) is 0 Å². The number of hydrogen-bond acceptors (Lipinski definition) is 3. The van der Waals surface area contributed by atoms with E-state index in [9.17, 15) is 13.2 Å². The van der Waals surface area contributed by atoms with Crippen molar-refractivity contribution < 1.29 is 13.2 Å². The molecule has 0 fully saturated rings. The maximum atomic E-state index is 12.5. The van der Waals surface area contributed by atoms with E-state index in [1.807, 2.05) is 12.1 Å². The van der Waals surface area contributed by atoms with Gasteiger partial charge in [0.15, 0.2) is 0 Å². The van der Waals surface area contributed by atoms with E-state index in [4.69, 9.17) is 0 Å². The van der Waals surface area contributed by atoms with Crippen LogP contribution in [0.15, 0.2) is 53.4 Å². The predicted molar refractivity (Wildman–Crippen MR) is 100 cm³/mol. The SMILES string of the molecule is CN(C)C(=O)c1ccc(S(=O)(=O)Nc2ccc(C(C)(C)C)cc2)cc1. The molecular weight excluding hydrogens is 336 g/mol. The Morgan fingerprint density at radius 3 is 1.88 bits per heavy atom. The van der Waals surface area contributed by atoms with Crippen molar-refractivity contribution in [1.29, 1.82) is 0 Å². The molecule has 0 aliphatic rings. The normalized spacial score (nSPS) is 11.9. The van der Waals surface area contributed by atoms with E-state index in [-0.39, 0.29) is 16.2 Å². The van der Waals surface area contributed by atoms with Gasteiger partial charge in [-0.3, -0.25) is 9.52 Å². The molecule has 0 atom stereocenters. The molecule has 0 aliphatic heterocycles. The summed E-state index contributed by atoms with van der Waals surface area (Å²) in [5.41, 5.74) is 2.08. The standard InChI is InChI=1S/C19H24N2O3S/c1-19(2,3)15-8-10-16(11-9-15)20-25(23,24)17-12-6-14(7-13-17)18(22)21(4)5/h6-13,20H,1-5H3. The average Bonchev–Trinajstić information content (AvgIpc) is 2.53. The van der Waals surface area contributed by atoms with Crippen LogP contribution in [-0.2, 0) is 15.4 Å². The molecule has 0 aromatic heterocycles. The van der Waals surface area contributed by atoms with Gasteiger partial charge in [0.25, 0.3) is 15.9 Å². The minimum atomic E-state index is -3.70. The lowest BCUT2D eigenvalue weighted by Crippen LogP contribution is -2.21. The van der Waals surface area contributed by atoms with Crippen molar-refractivity contribution in [3.63, 3.8) is 0 Å². The zero-order valence-electron chi connectivity index (χ0n) is 15.2. The van der Waals surface area contributed by atoms with E-state index in [2.05, 4.69) is 25.5 Å². The van der Waals surface area contributed by atoms with E-state index >= 15 is 0 Å². The summed E-state index contributed by atoms with van der Waals surface area (Å²) in [6.45, 7) is 6.30. The third kappa shape index (κ3) is 4.60. The molecule has 25 heavy (non-hydrogen) atoms. The zero-order valence-corrected chi connectivity index (χ0v) is 16.0. The van der Waals surface area contributed by atoms with Gasteiger partial charge in [0.1, 0.15) is 0 Å². The molecule has 6 heteroatoms. The first-order valence-electron chi connectivity index (χ1n) is 7.96. The second kappa shape index (κ2) is 6.88. The van der Waals surface area contributed by atoms with Crippen LogP contribution in [0.2, 0.25) is 0 Å². The van der Waals surface area contributed by atoms with Gasteiger partial charge in [-0.1, -0.05) is 32.9 Å². The number of carbonyl (C=O) groups is 1. The lowest BCUT2D eigenvalue weighted by molar-refractivity contribution is 0.0827. The summed E-state index contributed by atoms with van der Waals surface area (Å²) in [5, 5.41) is 0. The van der Waals surface area contributed by atoms with Crippen LogP contribution in [0.3, 0.4) is 0 Å². The van der Waals surface area contributed by atoms with Crippen molar-refractivity contribution in [1.82, 2.24) is 4.90 Å². The summed E-state index contributed by atoms with van der Waals surface area (Å²) in [6.07, 6.45) is 0. The van der Waals surface area contributed by atoms with E-state index < -0.39 is 10.0 Å². The maximum absolute atomic E-state index is 12.5. The number of sulfonamides is 1. The smallest absolute Gasteiger partial charge is 0.261 e. The van der Waals surface area contributed by atoms with Gasteiger partial charge in [-0.2, -0.15) is 0 Å². The average molecular weight is 360 g/mol. The predicted octanol–water partition coefficient (Wildman–Crippen LogP) is 3.49. The lowest BCUT2D eigenvalue weighted by atomic mass is 9.87. The van der Waals surface area contributed by atoms with Crippen LogP contribution in [-0.4, -0.2) is 33.3 Å². The van der Waals surface area contributed by atoms with Crippen molar-refractivity contribution in [3.8, 4) is 0 Å². The van der Waals surface area contributed by atoms with Crippen LogP contribution in [0.25, 0.3) is 0 Å². The van der Waals surface area contributed by atoms with Crippen LogP contribution < -0.4 is 4.72 Å². The Bertz CT molecular complexity index is 847. The van der Waals surface area contributed by atoms with Crippen LogP contribution in [0.4, 0.5) is 5.69 Å². The molecule has 134 valence electrons. The highest BCUT2D eigenvalue weighted by Crippen LogP contribution is 2.24. The first kappa shape index (κ1) is 19.0. The van der Waals surface area contributed by atoms with Gasteiger partial charge in [0.05, 0.1) is 4.90 Å². The minimum Gasteiger partial charge on any atom is -0.345 e. The molecule has 0 saturated carbocycles. The van der Waals surface area contributed by atoms with Crippen LogP contribution in [0.1, 0.15) is 36.7 Å². The Kier molecular flexibility index (Phi) is 5.23. The van der Waals surface area contributed by atoms with Gasteiger partial charge < -0.3 is 4.90 Å². The van der Waals surface area contributed by atoms with Crippen molar-refractivity contribution >= 4 is 21.6 Å². The molecule has 0 spiro atoms. The largest absolute Gasteiger partial charge is 0.345 e. The van der Waals surface area contributed by atoms with Gasteiger partial charge in [-0.25, -0.2) is 8.42 Å². The highest BCUT2D eigenvalue weighted by atomic mass is 32.2. The zero-order chi connectivity index (χ0) is 18.8. The Hall–Kier alpha value is -2.34. The summed E-state index contributed by atoms with van der Waals surface area (Å²) in [4.78, 5) is 13.4. The lowest BCUT2D eigenvalue weighted by Gasteiger charge is -2.19. The molecule has 2 rings (SSSR count). The minimum absolute atomic E-state index is 0.00616. The van der Waals surface area contributed by atoms with Crippen LogP contribution in [0, 0.1) is 0 Å². The summed E-state index contributed by atoms with van der Waals surface area (Å²) < 4.78 is 27.5. The number of rotatable bonds is 4. The Morgan fingerprint density at radius 1 is 0.920 bits per heavy atom. The van der Waals surface area contributed by atoms with Gasteiger partial charge >= 0.3 is 0 Å². The Morgan fingerprint density at radius 2 is 1.44 bits per heavy atom. The van der Waals surface area contributed by atoms with Crippen molar-refractivity contribution in [3.05, 3.63) is 59.7 Å². The molecule has 0 heterocycles. The molecular formula is C19H24N2O3S. The number of anilines is 1. The van der Waals surface area contributed by atoms with Gasteiger partial charge in [-0.05, 0) is 47.4 Å². The quantitative estimate of drug-likeness (QED) is 0.908. The number of amides is 1. The molecule has 0 aliphatic carbocycles. The fraction of sp³-hybridized carbons (Fsp3) is 0.316. The number of nitrogens with zero attached hydrogens (tertiary/aromatic N) is 1. The van der Waals surface area contributed by atoms with Crippen LogP contribution in [0.5, 0.6) is 0 Å². The third-order valence-corrected chi connectivity index (χ3v) is 5.22. The summed E-state index contributed by atoms with van der Waals surface area (Å²) in [5.74, 6) is -0.172. The monoisotopic (exact) mass is 360 g/mol. The molecule has 2 aromatic carbocycles. The van der Waals surface area contributed by atoms with Crippen molar-refractivity contribution in [2.45, 2.75) is 31.1 Å². The fourth-order valence-electron chi connectivity index (χ4n) is 2.29. The molecule has 0 radical (unpaired) electrons. The van der Waals surface area contributed by atoms with E-state index in [0.29, 0.717) is 11.3 Å². The molecule has 1 N–H and O–H groups in total. The number of hydrogen-bond donors (Lipinski definition) is 1. The van der Waals surface area contributed by atoms with Crippen molar-refractivity contribution in [2.75, 3.05) is 18.8 Å². The highest BCUT2D eigenvalue weighted by molar-refractivity contribution is 7.92. The molecule has 0 bridgehead atoms. The highest BCUT2D eigenvalue weighted by Gasteiger charge is 2.17. The second-order valence-corrected chi connectivity index (χ2v) is 8.84. The molecule has 1 amide bonds. The topological polar surface area (TPSA) is 66.5 Å². The molecule has 2 aromatic rings. The van der Waals surface area contributed by atoms with E-state index in [1.54, 1.807) is 26.2 Å². The van der Waals surface area contributed by atoms with Crippen molar-refractivity contribution in [2.24, 2.45) is 0 Å². The third-order valence-electron chi connectivity index (χ3n) is 3.82. The number of benzene rings is 2. The first-order chi connectivity index (χ1) is 11.5. The Labute approximate surface area is 149 Å². The second-order valence-electron chi connectivity index (χ2n) is 7.16. The molecule has 0 saturated heterocycles. The van der Waals surface area contributed by atoms with E-state index in [1.165, 1.54) is 29.2 Å². The summed E-state index contributed by atoms with van der Waals surface area (Å²) in [7, 11) is -0.402. The number of carbonyl (C=O) groups excluding carboxylic acids is 1. The maximum Gasteiger partial charge on any atom is 0.261 e. The summed E-state index contributed by atoms with van der Waals surface area (Å²) in [6, 6.07) is 13.2. The van der Waals surface area contributed by atoms with Gasteiger partial charge in [-0.15, -0.1) is 0 Å². The van der Waals surface area contributed by atoms with E-state index in [0.717, 1.165) is 5.56 Å². The fourth-order valence-corrected chi connectivity index (χ4v) is 3.35. The molecule has 5 nitrogen and oxygen atoms in total. The Balaban J connectivity index is 2.20. The number of nitrogens with one attached hydrogen (secondary N) is 1. The van der Waals surface area contributed by atoms with Crippen LogP contribution >= 0.6 is 0 Å². The first-order valence-corrected chi connectivity index (χ1v) is 9.44. The van der Waals surface area contributed by atoms with Gasteiger partial charge in [0, 0.05) is 25.3 Å².